The van der Waals surface area contributed by atoms with Crippen LogP contribution in [0.5, 0.6) is 0 Å². The number of aromatic nitrogens is 2. The Balaban J connectivity index is 0.000000130. The van der Waals surface area contributed by atoms with Gasteiger partial charge in [0.05, 0.1) is 23.6 Å². The quantitative estimate of drug-likeness (QED) is 0.151. The predicted molar refractivity (Wildman–Crippen MR) is 186 cm³/mol. The van der Waals surface area contributed by atoms with Gasteiger partial charge in [0.2, 0.25) is 0 Å². The molecule has 0 unspecified atom stereocenters. The Labute approximate surface area is 271 Å². The Bertz CT molecular complexity index is 2160. The van der Waals surface area contributed by atoms with Crippen LogP contribution < -0.4 is 5.46 Å². The van der Waals surface area contributed by atoms with E-state index in [1.54, 1.807) is 49.2 Å². The summed E-state index contributed by atoms with van der Waals surface area (Å²) in [6.07, 6.45) is 6.71. The maximum Gasteiger partial charge on any atom is 0.488 e. The summed E-state index contributed by atoms with van der Waals surface area (Å²) in [5, 5.41) is 20.5. The zero-order chi connectivity index (χ0) is 31.7. The summed E-state index contributed by atoms with van der Waals surface area (Å²) in [6, 6.07) is 43.3. The molecule has 8 rings (SSSR count). The van der Waals surface area contributed by atoms with Crippen molar-refractivity contribution in [2.75, 3.05) is 0 Å². The monoisotopic (exact) mass is 622 g/mol. The summed E-state index contributed by atoms with van der Waals surface area (Å²) >= 11 is 5.73. The van der Waals surface area contributed by atoms with Gasteiger partial charge >= 0.3 is 7.12 Å². The van der Waals surface area contributed by atoms with Crippen molar-refractivity contribution in [2.45, 2.75) is 0 Å². The first kappa shape index (κ1) is 30.6. The summed E-state index contributed by atoms with van der Waals surface area (Å²) < 4.78 is 10.5. The fraction of sp³-hybridized carbons (Fsp3) is 0. The molecule has 6 nitrogen and oxygen atoms in total. The van der Waals surface area contributed by atoms with Gasteiger partial charge < -0.3 is 18.9 Å². The van der Waals surface area contributed by atoms with Gasteiger partial charge in [0.25, 0.3) is 0 Å². The number of halogens is 1. The van der Waals surface area contributed by atoms with E-state index >= 15 is 0 Å². The van der Waals surface area contributed by atoms with Gasteiger partial charge in [-0.1, -0.05) is 115 Å². The first-order chi connectivity index (χ1) is 22.6. The van der Waals surface area contributed by atoms with Gasteiger partial charge in [-0.2, -0.15) is 0 Å². The fourth-order valence-corrected chi connectivity index (χ4v) is 5.18. The lowest BCUT2D eigenvalue weighted by Gasteiger charge is -2.06. The SMILES string of the molecule is Clc1nccc2occc12.OB(O)c1cccc(-c2ccccc2)c1.c1ccc(-c2cccc(-c3nccc4occc34)c2)cc1. The first-order valence-corrected chi connectivity index (χ1v) is 14.9. The number of nitrogens with zero attached hydrogens (tertiary/aromatic N) is 2. The van der Waals surface area contributed by atoms with Crippen molar-refractivity contribution in [3.63, 3.8) is 0 Å². The van der Waals surface area contributed by atoms with Crippen LogP contribution in [0.15, 0.2) is 167 Å². The van der Waals surface area contributed by atoms with Crippen LogP contribution in [-0.4, -0.2) is 27.1 Å². The van der Waals surface area contributed by atoms with Crippen LogP contribution in [-0.2, 0) is 0 Å². The third-order valence-corrected chi connectivity index (χ3v) is 7.55. The molecule has 224 valence electrons. The normalized spacial score (nSPS) is 10.5. The Morgan fingerprint density at radius 2 is 1.02 bits per heavy atom. The number of pyridine rings is 2. The number of hydrogen-bond acceptors (Lipinski definition) is 6. The average molecular weight is 623 g/mol. The molecule has 0 saturated carbocycles. The van der Waals surface area contributed by atoms with E-state index in [2.05, 4.69) is 58.5 Å². The molecule has 4 aromatic carbocycles. The molecule has 0 fully saturated rings. The second-order valence-electron chi connectivity index (χ2n) is 10.2. The number of furan rings is 2. The summed E-state index contributed by atoms with van der Waals surface area (Å²) in [5.74, 6) is 0. The maximum atomic E-state index is 9.05. The largest absolute Gasteiger partial charge is 0.488 e. The van der Waals surface area contributed by atoms with Gasteiger partial charge in [0, 0.05) is 23.3 Å². The van der Waals surface area contributed by atoms with Gasteiger partial charge in [-0.05, 0) is 58.0 Å². The third-order valence-electron chi connectivity index (χ3n) is 7.25. The molecule has 0 radical (unpaired) electrons. The van der Waals surface area contributed by atoms with Crippen molar-refractivity contribution >= 4 is 46.1 Å². The minimum absolute atomic E-state index is 0.492. The minimum Gasteiger partial charge on any atom is -0.464 e. The van der Waals surface area contributed by atoms with Crippen LogP contribution in [0.2, 0.25) is 5.15 Å². The molecule has 0 saturated heterocycles. The lowest BCUT2D eigenvalue weighted by atomic mass is 9.79. The lowest BCUT2D eigenvalue weighted by molar-refractivity contribution is 0.426. The molecule has 0 spiro atoms. The molecule has 0 bridgehead atoms. The summed E-state index contributed by atoms with van der Waals surface area (Å²) in [6.45, 7) is 0. The number of rotatable bonds is 4. The van der Waals surface area contributed by atoms with Crippen molar-refractivity contribution in [3.05, 3.63) is 164 Å². The van der Waals surface area contributed by atoms with E-state index in [9.17, 15) is 0 Å². The average Bonchev–Trinajstić information content (AvgIpc) is 3.81. The van der Waals surface area contributed by atoms with Crippen LogP contribution in [0.4, 0.5) is 0 Å². The van der Waals surface area contributed by atoms with E-state index in [0.29, 0.717) is 10.6 Å². The van der Waals surface area contributed by atoms with E-state index in [1.165, 1.54) is 11.1 Å². The molecule has 0 aliphatic rings. The summed E-state index contributed by atoms with van der Waals surface area (Å²) in [4.78, 5) is 8.41. The highest BCUT2D eigenvalue weighted by Crippen LogP contribution is 2.30. The van der Waals surface area contributed by atoms with E-state index in [-0.39, 0.29) is 0 Å². The minimum atomic E-state index is -1.41. The molecule has 0 atom stereocenters. The van der Waals surface area contributed by atoms with Gasteiger partial charge in [0.15, 0.2) is 0 Å². The fourth-order valence-electron chi connectivity index (χ4n) is 4.97. The summed E-state index contributed by atoms with van der Waals surface area (Å²) in [7, 11) is -1.41. The number of benzene rings is 4. The number of fused-ring (bicyclic) bond motifs is 2. The van der Waals surface area contributed by atoms with Crippen molar-refractivity contribution in [1.82, 2.24) is 9.97 Å². The predicted octanol–water partition coefficient (Wildman–Crippen LogP) is 8.68. The van der Waals surface area contributed by atoms with Crippen molar-refractivity contribution in [3.8, 4) is 33.5 Å². The van der Waals surface area contributed by atoms with E-state index < -0.39 is 7.12 Å². The molecular formula is C38H28BClN2O4. The van der Waals surface area contributed by atoms with Crippen molar-refractivity contribution < 1.29 is 18.9 Å². The molecule has 2 N–H and O–H groups in total. The standard InChI is InChI=1S/C19H13NO.C12H11BO2.C7H4ClNO/c1-2-5-14(6-3-1)15-7-4-8-16(13-15)19-17-10-12-21-18(17)9-11-20-19;14-13(15)12-8-4-7-11(9-12)10-5-2-1-3-6-10;8-7-5-2-4-10-6(5)1-3-9-7/h1-13H;1-9,14-15H;1-4H. The molecular weight excluding hydrogens is 595 g/mol. The molecule has 0 aliphatic heterocycles. The second kappa shape index (κ2) is 14.5. The van der Waals surface area contributed by atoms with Gasteiger partial charge in [0.1, 0.15) is 16.3 Å². The second-order valence-corrected chi connectivity index (χ2v) is 10.6. The summed E-state index contributed by atoms with van der Waals surface area (Å²) in [5.41, 5.74) is 8.67. The highest BCUT2D eigenvalue weighted by atomic mass is 35.5. The molecule has 8 aromatic rings. The highest BCUT2D eigenvalue weighted by Gasteiger charge is 2.11. The first-order valence-electron chi connectivity index (χ1n) is 14.5. The van der Waals surface area contributed by atoms with Crippen LogP contribution >= 0.6 is 11.6 Å². The molecule has 8 heteroatoms. The van der Waals surface area contributed by atoms with Crippen LogP contribution in [0.3, 0.4) is 0 Å². The molecule has 4 heterocycles. The van der Waals surface area contributed by atoms with Gasteiger partial charge in [-0.3, -0.25) is 4.98 Å². The highest BCUT2D eigenvalue weighted by molar-refractivity contribution is 6.58. The molecule has 4 aromatic heterocycles. The van der Waals surface area contributed by atoms with E-state index in [0.717, 1.165) is 44.3 Å². The van der Waals surface area contributed by atoms with E-state index in [1.807, 2.05) is 60.7 Å². The van der Waals surface area contributed by atoms with Gasteiger partial charge in [-0.15, -0.1) is 0 Å². The maximum absolute atomic E-state index is 9.05. The smallest absolute Gasteiger partial charge is 0.464 e. The van der Waals surface area contributed by atoms with E-state index in [4.69, 9.17) is 30.5 Å². The number of hydrogen-bond donors (Lipinski definition) is 2. The zero-order valence-corrected chi connectivity index (χ0v) is 25.3. The molecule has 0 amide bonds. The van der Waals surface area contributed by atoms with Crippen LogP contribution in [0.25, 0.3) is 55.4 Å². The lowest BCUT2D eigenvalue weighted by Crippen LogP contribution is -2.29. The third kappa shape index (κ3) is 7.25. The van der Waals surface area contributed by atoms with Gasteiger partial charge in [-0.25, -0.2) is 4.98 Å². The van der Waals surface area contributed by atoms with Crippen LogP contribution in [0.1, 0.15) is 0 Å². The topological polar surface area (TPSA) is 92.5 Å². The molecule has 0 aliphatic carbocycles. The Kier molecular flexibility index (Phi) is 9.66. The molecule has 46 heavy (non-hydrogen) atoms. The van der Waals surface area contributed by atoms with Crippen molar-refractivity contribution in [2.24, 2.45) is 0 Å². The zero-order valence-electron chi connectivity index (χ0n) is 24.6. The van der Waals surface area contributed by atoms with Crippen LogP contribution in [0, 0.1) is 0 Å². The Morgan fingerprint density at radius 3 is 1.65 bits per heavy atom. The van der Waals surface area contributed by atoms with Crippen molar-refractivity contribution in [1.29, 1.82) is 0 Å². The Hall–Kier alpha value is -5.47. The Morgan fingerprint density at radius 1 is 0.500 bits per heavy atom.